The molecule has 0 saturated heterocycles. The number of thioether (sulfide) groups is 1. The van der Waals surface area contributed by atoms with Crippen LogP contribution in [0.5, 0.6) is 0 Å². The lowest BCUT2D eigenvalue weighted by molar-refractivity contribution is -0.124. The fraction of sp³-hybridized carbons (Fsp3) is 0.0952. The Morgan fingerprint density at radius 3 is 2.68 bits per heavy atom. The summed E-state index contributed by atoms with van der Waals surface area (Å²) in [5, 5.41) is 9.14. The predicted molar refractivity (Wildman–Crippen MR) is 109 cm³/mol. The van der Waals surface area contributed by atoms with Crippen LogP contribution < -0.4 is 11.0 Å². The summed E-state index contributed by atoms with van der Waals surface area (Å²) in [6.45, 7) is 0. The maximum absolute atomic E-state index is 12.0. The second-order valence-electron chi connectivity index (χ2n) is 6.00. The van der Waals surface area contributed by atoms with E-state index >= 15 is 0 Å². The quantitative estimate of drug-likeness (QED) is 0.188. The molecule has 1 amide bonds. The highest BCUT2D eigenvalue weighted by Gasteiger charge is 2.06. The van der Waals surface area contributed by atoms with Crippen LogP contribution in [0.1, 0.15) is 22.4 Å². The lowest BCUT2D eigenvalue weighted by atomic mass is 10.1. The molecule has 0 aliphatic carbocycles. The maximum Gasteiger partial charge on any atom is 0.267 e. The Morgan fingerprint density at radius 2 is 1.89 bits per heavy atom. The molecule has 1 aromatic heterocycles. The van der Waals surface area contributed by atoms with Crippen LogP contribution in [-0.4, -0.2) is 21.1 Å². The highest BCUT2D eigenvalue weighted by Crippen LogP contribution is 2.22. The maximum atomic E-state index is 12.0. The van der Waals surface area contributed by atoms with Crippen molar-refractivity contribution in [3.8, 4) is 0 Å². The lowest BCUT2D eigenvalue weighted by Gasteiger charge is -2.07. The minimum absolute atomic E-state index is 0.184. The van der Waals surface area contributed by atoms with Gasteiger partial charge in [-0.15, -0.1) is 0 Å². The first kappa shape index (κ1) is 19.6. The Labute approximate surface area is 166 Å². The number of hydrogen-bond donors (Lipinski definition) is 3. The number of nitrogens with zero attached hydrogens (tertiary/aromatic N) is 1. The van der Waals surface area contributed by atoms with Gasteiger partial charge in [0.05, 0.1) is 5.69 Å². The fourth-order valence-electron chi connectivity index (χ4n) is 2.62. The SMILES string of the molecule is O=C(/C=C/c1ccccc1CSc1nc(Cc2ccccc2)cc(=O)[nH]1)NO. The zero-order valence-electron chi connectivity index (χ0n) is 15.0. The minimum Gasteiger partial charge on any atom is -0.301 e. The van der Waals surface area contributed by atoms with Crippen LogP contribution in [0.15, 0.2) is 76.7 Å². The van der Waals surface area contributed by atoms with Crippen LogP contribution >= 0.6 is 11.8 Å². The highest BCUT2D eigenvalue weighted by molar-refractivity contribution is 7.98. The Kier molecular flexibility index (Phi) is 6.78. The molecule has 0 bridgehead atoms. The molecule has 6 nitrogen and oxygen atoms in total. The molecular formula is C21H19N3O3S. The normalized spacial score (nSPS) is 10.9. The van der Waals surface area contributed by atoms with Gasteiger partial charge < -0.3 is 4.98 Å². The number of aromatic amines is 1. The molecule has 0 spiro atoms. The summed E-state index contributed by atoms with van der Waals surface area (Å²) in [5.41, 5.74) is 5.01. The van der Waals surface area contributed by atoms with Gasteiger partial charge in [0, 0.05) is 24.3 Å². The van der Waals surface area contributed by atoms with Crippen LogP contribution in [-0.2, 0) is 17.0 Å². The molecular weight excluding hydrogens is 374 g/mol. The van der Waals surface area contributed by atoms with E-state index < -0.39 is 5.91 Å². The molecule has 0 fully saturated rings. The first-order valence-electron chi connectivity index (χ1n) is 8.61. The van der Waals surface area contributed by atoms with Gasteiger partial charge in [-0.2, -0.15) is 0 Å². The Balaban J connectivity index is 1.74. The largest absolute Gasteiger partial charge is 0.301 e. The second-order valence-corrected chi connectivity index (χ2v) is 6.97. The van der Waals surface area contributed by atoms with Crippen molar-refractivity contribution in [1.29, 1.82) is 0 Å². The fourth-order valence-corrected chi connectivity index (χ4v) is 3.53. The molecule has 0 atom stereocenters. The molecule has 3 aromatic rings. The van der Waals surface area contributed by atoms with E-state index in [9.17, 15) is 9.59 Å². The second kappa shape index (κ2) is 9.68. The first-order valence-corrected chi connectivity index (χ1v) is 9.59. The monoisotopic (exact) mass is 393 g/mol. The molecule has 0 aliphatic heterocycles. The summed E-state index contributed by atoms with van der Waals surface area (Å²) in [4.78, 5) is 30.5. The molecule has 1 heterocycles. The van der Waals surface area contributed by atoms with E-state index in [1.807, 2.05) is 54.6 Å². The van der Waals surface area contributed by atoms with Gasteiger partial charge in [-0.1, -0.05) is 66.4 Å². The molecule has 142 valence electrons. The van der Waals surface area contributed by atoms with Crippen LogP contribution in [0, 0.1) is 0 Å². The van der Waals surface area contributed by atoms with Crippen molar-refractivity contribution in [2.24, 2.45) is 0 Å². The van der Waals surface area contributed by atoms with Crippen molar-refractivity contribution < 1.29 is 10.0 Å². The van der Waals surface area contributed by atoms with Gasteiger partial charge in [0.2, 0.25) is 0 Å². The van der Waals surface area contributed by atoms with Crippen LogP contribution in [0.25, 0.3) is 6.08 Å². The van der Waals surface area contributed by atoms with Crippen LogP contribution in [0.4, 0.5) is 0 Å². The van der Waals surface area contributed by atoms with Crippen LogP contribution in [0.2, 0.25) is 0 Å². The van der Waals surface area contributed by atoms with Gasteiger partial charge in [0.15, 0.2) is 5.16 Å². The third kappa shape index (κ3) is 5.67. The number of carbonyl (C=O) groups excluding carboxylic acids is 1. The number of rotatable bonds is 7. The van der Waals surface area contributed by atoms with Gasteiger partial charge in [0.1, 0.15) is 0 Å². The number of benzene rings is 2. The topological polar surface area (TPSA) is 95.1 Å². The number of carbonyl (C=O) groups is 1. The molecule has 28 heavy (non-hydrogen) atoms. The number of hydroxylamine groups is 1. The summed E-state index contributed by atoms with van der Waals surface area (Å²) in [6, 6.07) is 19.0. The van der Waals surface area contributed by atoms with E-state index in [0.717, 1.165) is 16.7 Å². The third-order valence-electron chi connectivity index (χ3n) is 3.95. The average molecular weight is 393 g/mol. The summed E-state index contributed by atoms with van der Waals surface area (Å²) in [7, 11) is 0. The molecule has 0 unspecified atom stereocenters. The lowest BCUT2D eigenvalue weighted by Crippen LogP contribution is -2.14. The van der Waals surface area contributed by atoms with Crippen molar-refractivity contribution >= 4 is 23.7 Å². The summed E-state index contributed by atoms with van der Waals surface area (Å²) in [6.07, 6.45) is 3.47. The van der Waals surface area contributed by atoms with Gasteiger partial charge in [-0.3, -0.25) is 14.8 Å². The van der Waals surface area contributed by atoms with Crippen molar-refractivity contribution in [3.05, 3.63) is 99.5 Å². The van der Waals surface area contributed by atoms with Crippen molar-refractivity contribution in [2.75, 3.05) is 0 Å². The predicted octanol–water partition coefficient (Wildman–Crippen LogP) is 3.17. The average Bonchev–Trinajstić information content (AvgIpc) is 2.71. The van der Waals surface area contributed by atoms with Gasteiger partial charge >= 0.3 is 0 Å². The summed E-state index contributed by atoms with van der Waals surface area (Å²) >= 11 is 1.42. The molecule has 0 saturated carbocycles. The van der Waals surface area contributed by atoms with Crippen molar-refractivity contribution in [3.63, 3.8) is 0 Å². The van der Waals surface area contributed by atoms with E-state index in [2.05, 4.69) is 9.97 Å². The Bertz CT molecular complexity index is 1030. The van der Waals surface area contributed by atoms with Crippen molar-refractivity contribution in [2.45, 2.75) is 17.3 Å². The van der Waals surface area contributed by atoms with E-state index in [1.54, 1.807) is 11.6 Å². The number of hydrogen-bond acceptors (Lipinski definition) is 5. The number of nitrogens with one attached hydrogen (secondary N) is 2. The number of amides is 1. The van der Waals surface area contributed by atoms with Gasteiger partial charge in [0.25, 0.3) is 11.5 Å². The Morgan fingerprint density at radius 1 is 1.14 bits per heavy atom. The molecule has 7 heteroatoms. The van der Waals surface area contributed by atoms with Gasteiger partial charge in [-0.25, -0.2) is 10.5 Å². The Hall–Kier alpha value is -3.16. The number of H-pyrrole nitrogens is 1. The third-order valence-corrected chi connectivity index (χ3v) is 4.87. The molecule has 0 aliphatic rings. The molecule has 2 aromatic carbocycles. The van der Waals surface area contributed by atoms with E-state index in [4.69, 9.17) is 5.21 Å². The van der Waals surface area contributed by atoms with E-state index in [1.165, 1.54) is 23.9 Å². The zero-order chi connectivity index (χ0) is 19.8. The zero-order valence-corrected chi connectivity index (χ0v) is 15.8. The van der Waals surface area contributed by atoms with Gasteiger partial charge in [-0.05, 0) is 22.8 Å². The van der Waals surface area contributed by atoms with Crippen molar-refractivity contribution in [1.82, 2.24) is 15.4 Å². The molecule has 3 N–H and O–H groups in total. The highest BCUT2D eigenvalue weighted by atomic mass is 32.2. The van der Waals surface area contributed by atoms with E-state index in [-0.39, 0.29) is 5.56 Å². The molecule has 3 rings (SSSR count). The molecule has 0 radical (unpaired) electrons. The first-order chi connectivity index (χ1) is 13.6. The smallest absolute Gasteiger partial charge is 0.267 e. The number of aromatic nitrogens is 2. The summed E-state index contributed by atoms with van der Waals surface area (Å²) < 4.78 is 0. The van der Waals surface area contributed by atoms with Crippen LogP contribution in [0.3, 0.4) is 0 Å². The standard InChI is InChI=1S/C21H19N3O3S/c25-19(24-27)11-10-16-8-4-5-9-17(16)14-28-21-22-18(13-20(26)23-21)12-15-6-2-1-3-7-15/h1-11,13,27H,12,14H2,(H,24,25)(H,22,23,26)/b11-10+. The summed E-state index contributed by atoms with van der Waals surface area (Å²) in [5.74, 6) is -0.0269. The van der Waals surface area contributed by atoms with E-state index in [0.29, 0.717) is 23.0 Å². The minimum atomic E-state index is -0.595.